The molecule has 0 spiro atoms. The number of hydrogen-bond donors (Lipinski definition) is 0. The number of carbonyl (C=O) groups is 1. The van der Waals surface area contributed by atoms with Gasteiger partial charge in [-0.25, -0.2) is 0 Å². The van der Waals surface area contributed by atoms with E-state index in [1.807, 2.05) is 25.1 Å². The monoisotopic (exact) mass is 328 g/mol. The fraction of sp³-hybridized carbons (Fsp3) is 0.444. The standard InChI is InChI=1S/C18H20N2O4/c1-2-20(18(21)14-10-16(24-19-14)13-4-5-13)11-12-3-6-15-17(9-12)23-8-7-22-15/h3,6,9-10,13H,2,4-5,7-8,11H2,1H3. The molecule has 1 aliphatic heterocycles. The minimum absolute atomic E-state index is 0.108. The topological polar surface area (TPSA) is 64.8 Å². The molecule has 2 aliphatic rings. The molecule has 2 heterocycles. The minimum Gasteiger partial charge on any atom is -0.486 e. The second-order valence-corrected chi connectivity index (χ2v) is 6.19. The normalized spacial score (nSPS) is 16.0. The van der Waals surface area contributed by atoms with E-state index in [1.54, 1.807) is 11.0 Å². The Bertz CT molecular complexity index is 751. The van der Waals surface area contributed by atoms with E-state index in [2.05, 4.69) is 5.16 Å². The highest BCUT2D eigenvalue weighted by molar-refractivity contribution is 5.92. The zero-order valence-electron chi connectivity index (χ0n) is 13.7. The molecule has 1 aromatic heterocycles. The van der Waals surface area contributed by atoms with Crippen LogP contribution in [0, 0.1) is 0 Å². The zero-order valence-corrected chi connectivity index (χ0v) is 13.7. The van der Waals surface area contributed by atoms with Crippen LogP contribution >= 0.6 is 0 Å². The number of fused-ring (bicyclic) bond motifs is 1. The summed E-state index contributed by atoms with van der Waals surface area (Å²) in [4.78, 5) is 14.4. The average Bonchev–Trinajstić information content (AvgIpc) is 3.36. The van der Waals surface area contributed by atoms with Crippen LogP contribution in [-0.2, 0) is 6.54 Å². The van der Waals surface area contributed by atoms with Crippen molar-refractivity contribution in [3.8, 4) is 11.5 Å². The number of benzene rings is 1. The van der Waals surface area contributed by atoms with Gasteiger partial charge in [0.2, 0.25) is 0 Å². The minimum atomic E-state index is -0.108. The Hall–Kier alpha value is -2.50. The van der Waals surface area contributed by atoms with Crippen LogP contribution in [0.5, 0.6) is 11.5 Å². The first-order valence-corrected chi connectivity index (χ1v) is 8.39. The summed E-state index contributed by atoms with van der Waals surface area (Å²) in [6, 6.07) is 7.57. The van der Waals surface area contributed by atoms with E-state index >= 15 is 0 Å². The largest absolute Gasteiger partial charge is 0.486 e. The third kappa shape index (κ3) is 2.96. The van der Waals surface area contributed by atoms with Crippen molar-refractivity contribution in [1.82, 2.24) is 10.1 Å². The van der Waals surface area contributed by atoms with Gasteiger partial charge >= 0.3 is 0 Å². The van der Waals surface area contributed by atoms with Gasteiger partial charge in [0.1, 0.15) is 19.0 Å². The molecular formula is C18H20N2O4. The van der Waals surface area contributed by atoms with Gasteiger partial charge in [0, 0.05) is 25.1 Å². The highest BCUT2D eigenvalue weighted by atomic mass is 16.6. The Balaban J connectivity index is 1.49. The van der Waals surface area contributed by atoms with Crippen molar-refractivity contribution in [3.63, 3.8) is 0 Å². The second kappa shape index (κ2) is 6.19. The summed E-state index contributed by atoms with van der Waals surface area (Å²) in [6.07, 6.45) is 2.25. The van der Waals surface area contributed by atoms with Gasteiger partial charge in [-0.2, -0.15) is 0 Å². The van der Waals surface area contributed by atoms with Crippen molar-refractivity contribution in [1.29, 1.82) is 0 Å². The molecule has 1 fully saturated rings. The van der Waals surface area contributed by atoms with E-state index in [1.165, 1.54) is 0 Å². The molecule has 6 heteroatoms. The van der Waals surface area contributed by atoms with Gasteiger partial charge in [-0.05, 0) is 37.5 Å². The van der Waals surface area contributed by atoms with Crippen molar-refractivity contribution in [2.24, 2.45) is 0 Å². The molecule has 6 nitrogen and oxygen atoms in total. The number of aromatic nitrogens is 1. The summed E-state index contributed by atoms with van der Waals surface area (Å²) >= 11 is 0. The van der Waals surface area contributed by atoms with Crippen LogP contribution in [0.25, 0.3) is 0 Å². The highest BCUT2D eigenvalue weighted by Crippen LogP contribution is 2.40. The molecule has 1 aromatic carbocycles. The van der Waals surface area contributed by atoms with E-state index in [9.17, 15) is 4.79 Å². The fourth-order valence-electron chi connectivity index (χ4n) is 2.85. The van der Waals surface area contributed by atoms with Gasteiger partial charge in [-0.3, -0.25) is 4.79 Å². The van der Waals surface area contributed by atoms with Gasteiger partial charge in [-0.1, -0.05) is 11.2 Å². The third-order valence-corrected chi connectivity index (χ3v) is 4.38. The number of nitrogens with zero attached hydrogens (tertiary/aromatic N) is 2. The molecule has 1 aliphatic carbocycles. The number of ether oxygens (including phenoxy) is 2. The molecule has 0 N–H and O–H groups in total. The molecule has 4 rings (SSSR count). The first kappa shape index (κ1) is 15.1. The van der Waals surface area contributed by atoms with Gasteiger partial charge in [0.25, 0.3) is 5.91 Å². The van der Waals surface area contributed by atoms with Crippen LogP contribution in [0.3, 0.4) is 0 Å². The van der Waals surface area contributed by atoms with Crippen LogP contribution in [-0.4, -0.2) is 35.7 Å². The number of carbonyl (C=O) groups excluding carboxylic acids is 1. The predicted molar refractivity (Wildman–Crippen MR) is 86.3 cm³/mol. The Morgan fingerprint density at radius 1 is 1.21 bits per heavy atom. The SMILES string of the molecule is CCN(Cc1ccc2c(c1)OCCO2)C(=O)c1cc(C2CC2)on1. The Kier molecular flexibility index (Phi) is 3.88. The van der Waals surface area contributed by atoms with E-state index in [0.29, 0.717) is 37.9 Å². The van der Waals surface area contributed by atoms with Gasteiger partial charge in [-0.15, -0.1) is 0 Å². The smallest absolute Gasteiger partial charge is 0.276 e. The van der Waals surface area contributed by atoms with Crippen LogP contribution in [0.2, 0.25) is 0 Å². The molecule has 126 valence electrons. The zero-order chi connectivity index (χ0) is 16.5. The van der Waals surface area contributed by atoms with Gasteiger partial charge in [0.05, 0.1) is 0 Å². The van der Waals surface area contributed by atoms with E-state index in [4.69, 9.17) is 14.0 Å². The summed E-state index contributed by atoms with van der Waals surface area (Å²) in [5, 5.41) is 3.95. The molecule has 0 radical (unpaired) electrons. The summed E-state index contributed by atoms with van der Waals surface area (Å²) in [5.41, 5.74) is 1.39. The maximum absolute atomic E-state index is 12.7. The van der Waals surface area contributed by atoms with Crippen molar-refractivity contribution >= 4 is 5.91 Å². The molecule has 0 atom stereocenters. The van der Waals surface area contributed by atoms with Crippen LogP contribution in [0.15, 0.2) is 28.8 Å². The Labute approximate surface area is 140 Å². The van der Waals surface area contributed by atoms with Crippen molar-refractivity contribution in [2.45, 2.75) is 32.2 Å². The third-order valence-electron chi connectivity index (χ3n) is 4.38. The van der Waals surface area contributed by atoms with Crippen LogP contribution in [0.4, 0.5) is 0 Å². The summed E-state index contributed by atoms with van der Waals surface area (Å²) in [7, 11) is 0. The Morgan fingerprint density at radius 2 is 2.00 bits per heavy atom. The van der Waals surface area contributed by atoms with Gasteiger partial charge in [0.15, 0.2) is 17.2 Å². The first-order valence-electron chi connectivity index (χ1n) is 8.39. The Morgan fingerprint density at radius 3 is 2.75 bits per heavy atom. The van der Waals surface area contributed by atoms with Crippen molar-refractivity contribution < 1.29 is 18.8 Å². The van der Waals surface area contributed by atoms with Crippen molar-refractivity contribution in [2.75, 3.05) is 19.8 Å². The summed E-state index contributed by atoms with van der Waals surface area (Å²) in [6.45, 7) is 4.17. The maximum Gasteiger partial charge on any atom is 0.276 e. The number of amides is 1. The number of hydrogen-bond acceptors (Lipinski definition) is 5. The highest BCUT2D eigenvalue weighted by Gasteiger charge is 2.29. The van der Waals surface area contributed by atoms with Crippen LogP contribution in [0.1, 0.15) is 47.5 Å². The van der Waals surface area contributed by atoms with E-state index in [0.717, 1.165) is 35.7 Å². The fourth-order valence-corrected chi connectivity index (χ4v) is 2.85. The average molecular weight is 328 g/mol. The van der Waals surface area contributed by atoms with Gasteiger partial charge < -0.3 is 18.9 Å². The molecule has 1 saturated carbocycles. The molecule has 0 saturated heterocycles. The maximum atomic E-state index is 12.7. The molecule has 0 bridgehead atoms. The van der Waals surface area contributed by atoms with E-state index in [-0.39, 0.29) is 5.91 Å². The first-order chi connectivity index (χ1) is 11.7. The molecular weight excluding hydrogens is 308 g/mol. The predicted octanol–water partition coefficient (Wildman–Crippen LogP) is 2.99. The molecule has 24 heavy (non-hydrogen) atoms. The second-order valence-electron chi connectivity index (χ2n) is 6.19. The lowest BCUT2D eigenvalue weighted by Gasteiger charge is -2.22. The summed E-state index contributed by atoms with van der Waals surface area (Å²) < 4.78 is 16.4. The molecule has 1 amide bonds. The van der Waals surface area contributed by atoms with Crippen LogP contribution < -0.4 is 9.47 Å². The molecule has 0 unspecified atom stereocenters. The lowest BCUT2D eigenvalue weighted by Crippen LogP contribution is -2.30. The quantitative estimate of drug-likeness (QED) is 0.844. The lowest BCUT2D eigenvalue weighted by atomic mass is 10.1. The number of rotatable bonds is 5. The molecule has 2 aromatic rings. The lowest BCUT2D eigenvalue weighted by molar-refractivity contribution is 0.0741. The van der Waals surface area contributed by atoms with E-state index < -0.39 is 0 Å². The summed E-state index contributed by atoms with van der Waals surface area (Å²) in [5.74, 6) is 2.66. The van der Waals surface area contributed by atoms with Crippen molar-refractivity contribution in [3.05, 3.63) is 41.3 Å².